The lowest BCUT2D eigenvalue weighted by atomic mass is 10.0. The Kier molecular flexibility index (Phi) is 6.76. The molecule has 1 fully saturated rings. The maximum Gasteiger partial charge on any atom is 0.404 e. The lowest BCUT2D eigenvalue weighted by Crippen LogP contribution is -2.44. The van der Waals surface area contributed by atoms with E-state index in [9.17, 15) is 4.79 Å². The Morgan fingerprint density at radius 1 is 1.23 bits per heavy atom. The van der Waals surface area contributed by atoms with Gasteiger partial charge in [-0.25, -0.2) is 4.79 Å². The van der Waals surface area contributed by atoms with Crippen LogP contribution in [-0.4, -0.2) is 48.3 Å². The molecular weight excluding hydrogens is 325 g/mol. The number of nitrogens with zero attached hydrogens (tertiary/aromatic N) is 1. The second-order valence-electron chi connectivity index (χ2n) is 5.48. The van der Waals surface area contributed by atoms with Crippen LogP contribution in [0.5, 0.6) is 0 Å². The molecule has 5 nitrogen and oxygen atoms in total. The molecular formula is C15H21Cl2N3O2. The molecule has 1 heterocycles. The quantitative estimate of drug-likeness (QED) is 0.693. The number of hydrogen-bond acceptors (Lipinski definition) is 3. The highest BCUT2D eigenvalue weighted by Crippen LogP contribution is 2.24. The molecule has 3 N–H and O–H groups in total. The molecule has 0 aliphatic carbocycles. The van der Waals surface area contributed by atoms with Crippen LogP contribution < -0.4 is 10.6 Å². The van der Waals surface area contributed by atoms with E-state index in [1.165, 1.54) is 5.56 Å². The summed E-state index contributed by atoms with van der Waals surface area (Å²) in [6.45, 7) is 4.03. The number of piperidine rings is 1. The zero-order chi connectivity index (χ0) is 15.9. The van der Waals surface area contributed by atoms with Crippen molar-refractivity contribution in [2.45, 2.75) is 25.4 Å². The van der Waals surface area contributed by atoms with Gasteiger partial charge in [0.1, 0.15) is 0 Å². The topological polar surface area (TPSA) is 64.6 Å². The van der Waals surface area contributed by atoms with E-state index in [0.29, 0.717) is 29.2 Å². The van der Waals surface area contributed by atoms with Gasteiger partial charge in [0.05, 0.1) is 10.0 Å². The molecule has 0 aromatic heterocycles. The molecule has 1 aromatic rings. The molecule has 1 aliphatic rings. The highest BCUT2D eigenvalue weighted by molar-refractivity contribution is 6.42. The zero-order valence-electron chi connectivity index (χ0n) is 12.3. The van der Waals surface area contributed by atoms with Crippen molar-refractivity contribution in [3.05, 3.63) is 33.8 Å². The number of halogens is 2. The molecule has 1 amide bonds. The smallest absolute Gasteiger partial charge is 0.404 e. The van der Waals surface area contributed by atoms with E-state index in [4.69, 9.17) is 28.3 Å². The fourth-order valence-corrected chi connectivity index (χ4v) is 2.96. The molecule has 122 valence electrons. The Labute approximate surface area is 140 Å². The van der Waals surface area contributed by atoms with E-state index in [1.54, 1.807) is 0 Å². The van der Waals surface area contributed by atoms with Crippen LogP contribution in [-0.2, 0) is 6.54 Å². The van der Waals surface area contributed by atoms with Crippen molar-refractivity contribution >= 4 is 29.3 Å². The minimum atomic E-state index is -0.974. The fraction of sp³-hybridized carbons (Fsp3) is 0.533. The van der Waals surface area contributed by atoms with Gasteiger partial charge in [0.25, 0.3) is 0 Å². The normalized spacial score (nSPS) is 16.6. The molecule has 0 spiro atoms. The third-order valence-electron chi connectivity index (χ3n) is 3.81. The summed E-state index contributed by atoms with van der Waals surface area (Å²) >= 11 is 12.0. The number of carbonyl (C=O) groups is 1. The van der Waals surface area contributed by atoms with Crippen LogP contribution in [0.4, 0.5) is 4.79 Å². The number of carboxylic acid groups (broad SMARTS) is 1. The van der Waals surface area contributed by atoms with Gasteiger partial charge in [0, 0.05) is 25.7 Å². The molecule has 7 heteroatoms. The highest BCUT2D eigenvalue weighted by atomic mass is 35.5. The first kappa shape index (κ1) is 17.3. The summed E-state index contributed by atoms with van der Waals surface area (Å²) in [6.07, 6.45) is 1.15. The molecule has 0 bridgehead atoms. The van der Waals surface area contributed by atoms with Crippen LogP contribution in [0.2, 0.25) is 10.0 Å². The minimum absolute atomic E-state index is 0.443. The first-order valence-corrected chi connectivity index (χ1v) is 8.16. The van der Waals surface area contributed by atoms with E-state index in [1.807, 2.05) is 18.2 Å². The van der Waals surface area contributed by atoms with Gasteiger partial charge >= 0.3 is 6.09 Å². The van der Waals surface area contributed by atoms with Crippen LogP contribution >= 0.6 is 23.2 Å². The SMILES string of the molecule is O=C(O)NCCNC1CCN(Cc2ccc(Cl)c(Cl)c2)CC1. The standard InChI is InChI=1S/C15H21Cl2N3O2/c16-13-2-1-11(9-14(13)17)10-20-7-3-12(4-8-20)18-5-6-19-15(21)22/h1-2,9,12,18-19H,3-8,10H2,(H,21,22). The predicted molar refractivity (Wildman–Crippen MR) is 88.8 cm³/mol. The van der Waals surface area contributed by atoms with E-state index in [2.05, 4.69) is 15.5 Å². The number of rotatable bonds is 6. The second kappa shape index (κ2) is 8.58. The summed E-state index contributed by atoms with van der Waals surface area (Å²) in [7, 11) is 0. The molecule has 0 unspecified atom stereocenters. The lowest BCUT2D eigenvalue weighted by Gasteiger charge is -2.32. The number of amides is 1. The fourth-order valence-electron chi connectivity index (χ4n) is 2.64. The summed E-state index contributed by atoms with van der Waals surface area (Å²) in [6, 6.07) is 6.23. The molecule has 2 rings (SSSR count). The molecule has 1 aromatic carbocycles. The summed E-state index contributed by atoms with van der Waals surface area (Å²) in [5.41, 5.74) is 1.17. The number of benzene rings is 1. The number of likely N-dealkylation sites (tertiary alicyclic amines) is 1. The molecule has 0 radical (unpaired) electrons. The van der Waals surface area contributed by atoms with Crippen molar-refractivity contribution in [2.75, 3.05) is 26.2 Å². The molecule has 0 saturated carbocycles. The first-order valence-electron chi connectivity index (χ1n) is 7.41. The molecule has 1 aliphatic heterocycles. The van der Waals surface area contributed by atoms with Crippen LogP contribution in [0.3, 0.4) is 0 Å². The third-order valence-corrected chi connectivity index (χ3v) is 4.55. The zero-order valence-corrected chi connectivity index (χ0v) is 13.8. The van der Waals surface area contributed by atoms with Gasteiger partial charge < -0.3 is 15.7 Å². The Morgan fingerprint density at radius 2 is 1.95 bits per heavy atom. The van der Waals surface area contributed by atoms with Gasteiger partial charge in [-0.15, -0.1) is 0 Å². The minimum Gasteiger partial charge on any atom is -0.465 e. The maximum atomic E-state index is 10.3. The van der Waals surface area contributed by atoms with Gasteiger partial charge in [-0.1, -0.05) is 29.3 Å². The van der Waals surface area contributed by atoms with Crippen molar-refractivity contribution in [2.24, 2.45) is 0 Å². The largest absolute Gasteiger partial charge is 0.465 e. The van der Waals surface area contributed by atoms with E-state index >= 15 is 0 Å². The first-order chi connectivity index (χ1) is 10.5. The Balaban J connectivity index is 1.68. The lowest BCUT2D eigenvalue weighted by molar-refractivity contribution is 0.187. The van der Waals surface area contributed by atoms with Crippen LogP contribution in [0.1, 0.15) is 18.4 Å². The third kappa shape index (κ3) is 5.65. The molecule has 0 atom stereocenters. The summed E-state index contributed by atoms with van der Waals surface area (Å²) < 4.78 is 0. The Morgan fingerprint density at radius 3 is 2.59 bits per heavy atom. The van der Waals surface area contributed by atoms with Crippen molar-refractivity contribution in [1.82, 2.24) is 15.5 Å². The van der Waals surface area contributed by atoms with Crippen molar-refractivity contribution in [3.63, 3.8) is 0 Å². The van der Waals surface area contributed by atoms with Crippen LogP contribution in [0.15, 0.2) is 18.2 Å². The van der Waals surface area contributed by atoms with Gasteiger partial charge in [-0.2, -0.15) is 0 Å². The number of hydrogen-bond donors (Lipinski definition) is 3. The van der Waals surface area contributed by atoms with Crippen LogP contribution in [0, 0.1) is 0 Å². The van der Waals surface area contributed by atoms with Gasteiger partial charge in [0.15, 0.2) is 0 Å². The highest BCUT2D eigenvalue weighted by Gasteiger charge is 2.18. The van der Waals surface area contributed by atoms with E-state index in [-0.39, 0.29) is 0 Å². The Bertz CT molecular complexity index is 506. The van der Waals surface area contributed by atoms with E-state index < -0.39 is 6.09 Å². The van der Waals surface area contributed by atoms with Crippen molar-refractivity contribution < 1.29 is 9.90 Å². The van der Waals surface area contributed by atoms with Crippen LogP contribution in [0.25, 0.3) is 0 Å². The average molecular weight is 346 g/mol. The van der Waals surface area contributed by atoms with E-state index in [0.717, 1.165) is 32.5 Å². The summed E-state index contributed by atoms with van der Waals surface area (Å²) in [4.78, 5) is 12.7. The summed E-state index contributed by atoms with van der Waals surface area (Å²) in [5, 5.41) is 15.4. The van der Waals surface area contributed by atoms with Gasteiger partial charge in [0.2, 0.25) is 0 Å². The Hall–Kier alpha value is -1.01. The number of nitrogens with one attached hydrogen (secondary N) is 2. The second-order valence-corrected chi connectivity index (χ2v) is 6.30. The maximum absolute atomic E-state index is 10.3. The van der Waals surface area contributed by atoms with Gasteiger partial charge in [-0.3, -0.25) is 4.90 Å². The molecule has 22 heavy (non-hydrogen) atoms. The molecule has 1 saturated heterocycles. The van der Waals surface area contributed by atoms with Gasteiger partial charge in [-0.05, 0) is 43.6 Å². The summed E-state index contributed by atoms with van der Waals surface area (Å²) in [5.74, 6) is 0. The van der Waals surface area contributed by atoms with Crippen molar-refractivity contribution in [1.29, 1.82) is 0 Å². The monoisotopic (exact) mass is 345 g/mol. The predicted octanol–water partition coefficient (Wildman–Crippen LogP) is 2.82. The average Bonchev–Trinajstić information content (AvgIpc) is 2.49. The van der Waals surface area contributed by atoms with Crippen molar-refractivity contribution in [3.8, 4) is 0 Å².